The van der Waals surface area contributed by atoms with E-state index in [0.29, 0.717) is 0 Å². The number of esters is 1. The Labute approximate surface area is 111 Å². The minimum atomic E-state index is -0.821. The van der Waals surface area contributed by atoms with Crippen LogP contribution in [0.3, 0.4) is 0 Å². The number of ether oxygens (including phenoxy) is 1. The first kappa shape index (κ1) is 15.8. The summed E-state index contributed by atoms with van der Waals surface area (Å²) < 4.78 is 5.59. The largest absolute Gasteiger partial charge is 0.464 e. The molecule has 17 heavy (non-hydrogen) atoms. The molecule has 1 aromatic rings. The molecule has 0 aliphatic rings. The number of carbonyl (C=O) groups is 1. The van der Waals surface area contributed by atoms with Crippen LogP contribution < -0.4 is 5.73 Å². The van der Waals surface area contributed by atoms with E-state index < -0.39 is 16.6 Å². The Morgan fingerprint density at radius 3 is 2.71 bits per heavy atom. The second-order valence-corrected chi connectivity index (χ2v) is 3.50. The van der Waals surface area contributed by atoms with Crippen LogP contribution in [0.1, 0.15) is 10.5 Å². The summed E-state index contributed by atoms with van der Waals surface area (Å²) in [5.74, 6) is -0.821. The van der Waals surface area contributed by atoms with Gasteiger partial charge < -0.3 is 10.5 Å². The van der Waals surface area contributed by atoms with E-state index in [9.17, 15) is 14.9 Å². The summed E-state index contributed by atoms with van der Waals surface area (Å²) in [6.07, 6.45) is 0. The van der Waals surface area contributed by atoms with Crippen LogP contribution in [0.15, 0.2) is 4.60 Å². The number of aromatic nitrogens is 2. The molecule has 0 fully saturated rings. The molecule has 0 unspecified atom stereocenters. The van der Waals surface area contributed by atoms with E-state index in [0.717, 1.165) is 11.8 Å². The molecule has 1 heterocycles. The normalized spacial score (nSPS) is 9.59. The molecule has 0 radical (unpaired) electrons. The summed E-state index contributed by atoms with van der Waals surface area (Å²) in [6, 6.07) is 0. The third kappa shape index (κ3) is 3.14. The molecule has 1 rings (SSSR count). The van der Waals surface area contributed by atoms with Crippen molar-refractivity contribution in [3.63, 3.8) is 0 Å². The number of nitrogens with zero attached hydrogens (tertiary/aromatic N) is 3. The molecule has 0 bridgehead atoms. The molecule has 0 saturated heterocycles. The van der Waals surface area contributed by atoms with Crippen LogP contribution in [0.5, 0.6) is 0 Å². The average Bonchev–Trinajstić information content (AvgIpc) is 2.54. The highest BCUT2D eigenvalue weighted by Gasteiger charge is 2.31. The molecule has 0 saturated carbocycles. The second kappa shape index (κ2) is 6.52. The first-order valence-electron chi connectivity index (χ1n) is 4.22. The topological polar surface area (TPSA) is 113 Å². The number of halogens is 2. The van der Waals surface area contributed by atoms with Crippen molar-refractivity contribution in [3.8, 4) is 0 Å². The summed E-state index contributed by atoms with van der Waals surface area (Å²) in [6.45, 7) is 0.395. The lowest BCUT2D eigenvalue weighted by Crippen LogP contribution is -2.18. The minimum absolute atomic E-state index is 0. The number of nitro groups is 1. The first-order chi connectivity index (χ1) is 7.52. The third-order valence-electron chi connectivity index (χ3n) is 1.79. The number of methoxy groups -OCH3 is 1. The maximum absolute atomic E-state index is 11.4. The Hall–Kier alpha value is -1.19. The molecule has 1 aromatic heterocycles. The fraction of sp³-hybridized carbons (Fsp3) is 0.429. The van der Waals surface area contributed by atoms with Gasteiger partial charge in [-0.25, -0.2) is 9.48 Å². The van der Waals surface area contributed by atoms with Crippen LogP contribution in [-0.2, 0) is 11.3 Å². The SMILES string of the molecule is COC(=O)c1c([N+](=O)[O-])c(Br)nn1CCN.Cl. The molecule has 2 N–H and O–H groups in total. The van der Waals surface area contributed by atoms with Crippen molar-refractivity contribution in [3.05, 3.63) is 20.4 Å². The Bertz CT molecular complexity index is 436. The summed E-state index contributed by atoms with van der Waals surface area (Å²) in [5, 5.41) is 14.6. The quantitative estimate of drug-likeness (QED) is 0.494. The number of rotatable bonds is 4. The van der Waals surface area contributed by atoms with Crippen molar-refractivity contribution in [2.75, 3.05) is 13.7 Å². The van der Waals surface area contributed by atoms with E-state index in [2.05, 4.69) is 25.8 Å². The van der Waals surface area contributed by atoms with Gasteiger partial charge >= 0.3 is 11.7 Å². The van der Waals surface area contributed by atoms with Crippen LogP contribution in [0.4, 0.5) is 5.69 Å². The fourth-order valence-electron chi connectivity index (χ4n) is 1.17. The van der Waals surface area contributed by atoms with E-state index in [1.807, 2.05) is 0 Å². The lowest BCUT2D eigenvalue weighted by molar-refractivity contribution is -0.386. The van der Waals surface area contributed by atoms with Crippen LogP contribution >= 0.6 is 28.3 Å². The maximum atomic E-state index is 11.4. The number of hydrogen-bond acceptors (Lipinski definition) is 6. The lowest BCUT2D eigenvalue weighted by atomic mass is 10.3. The van der Waals surface area contributed by atoms with Gasteiger partial charge in [0, 0.05) is 6.54 Å². The van der Waals surface area contributed by atoms with Gasteiger partial charge in [-0.1, -0.05) is 0 Å². The van der Waals surface area contributed by atoms with Gasteiger partial charge in [0.15, 0.2) is 0 Å². The van der Waals surface area contributed by atoms with E-state index in [4.69, 9.17) is 5.73 Å². The summed E-state index contributed by atoms with van der Waals surface area (Å²) in [5.41, 5.74) is 4.67. The standard InChI is InChI=1S/C7H9BrN4O4.ClH/c1-16-7(13)5-4(12(14)15)6(8)10-11(5)3-2-9;/h2-3,9H2,1H3;1H. The third-order valence-corrected chi connectivity index (χ3v) is 2.32. The molecular formula is C7H10BrClN4O4. The Kier molecular flexibility index (Phi) is 6.07. The summed E-state index contributed by atoms with van der Waals surface area (Å²) in [4.78, 5) is 21.5. The van der Waals surface area contributed by atoms with Gasteiger partial charge in [0.2, 0.25) is 10.3 Å². The van der Waals surface area contributed by atoms with Crippen molar-refractivity contribution in [2.45, 2.75) is 6.54 Å². The van der Waals surface area contributed by atoms with Gasteiger partial charge in [-0.2, -0.15) is 5.10 Å². The molecule has 96 valence electrons. The Balaban J connectivity index is 0.00000256. The highest BCUT2D eigenvalue weighted by atomic mass is 79.9. The van der Waals surface area contributed by atoms with Gasteiger partial charge in [0.25, 0.3) is 0 Å². The molecule has 0 atom stereocenters. The van der Waals surface area contributed by atoms with Gasteiger partial charge in [-0.3, -0.25) is 10.1 Å². The smallest absolute Gasteiger partial charge is 0.363 e. The van der Waals surface area contributed by atoms with Gasteiger partial charge in [-0.05, 0) is 15.9 Å². The molecule has 0 amide bonds. The molecule has 10 heteroatoms. The summed E-state index contributed by atoms with van der Waals surface area (Å²) >= 11 is 2.91. The number of carbonyl (C=O) groups excluding carboxylic acids is 1. The first-order valence-corrected chi connectivity index (χ1v) is 5.01. The van der Waals surface area contributed by atoms with Crippen LogP contribution in [0, 0.1) is 10.1 Å². The molecule has 0 spiro atoms. The highest BCUT2D eigenvalue weighted by molar-refractivity contribution is 9.10. The Morgan fingerprint density at radius 1 is 1.71 bits per heavy atom. The zero-order chi connectivity index (χ0) is 12.3. The van der Waals surface area contributed by atoms with Gasteiger partial charge in [-0.15, -0.1) is 12.4 Å². The van der Waals surface area contributed by atoms with Gasteiger partial charge in [0.05, 0.1) is 18.6 Å². The van der Waals surface area contributed by atoms with E-state index in [1.54, 1.807) is 0 Å². The minimum Gasteiger partial charge on any atom is -0.464 e. The van der Waals surface area contributed by atoms with Crippen LogP contribution in [0.25, 0.3) is 0 Å². The molecule has 0 aliphatic carbocycles. The van der Waals surface area contributed by atoms with Crippen molar-refractivity contribution in [1.82, 2.24) is 9.78 Å². The van der Waals surface area contributed by atoms with Crippen LogP contribution in [-0.4, -0.2) is 34.3 Å². The number of hydrogen-bond donors (Lipinski definition) is 1. The van der Waals surface area contributed by atoms with Crippen LogP contribution in [0.2, 0.25) is 0 Å². The van der Waals surface area contributed by atoms with Crippen molar-refractivity contribution >= 4 is 40.0 Å². The van der Waals surface area contributed by atoms with E-state index in [1.165, 1.54) is 0 Å². The second-order valence-electron chi connectivity index (χ2n) is 2.75. The highest BCUT2D eigenvalue weighted by Crippen LogP contribution is 2.28. The fourth-order valence-corrected chi connectivity index (χ4v) is 1.69. The monoisotopic (exact) mass is 328 g/mol. The predicted octanol–water partition coefficient (Wildman–Crippen LogP) is 0.721. The zero-order valence-corrected chi connectivity index (χ0v) is 11.2. The zero-order valence-electron chi connectivity index (χ0n) is 8.75. The van der Waals surface area contributed by atoms with Crippen molar-refractivity contribution < 1.29 is 14.5 Å². The van der Waals surface area contributed by atoms with Crippen molar-refractivity contribution in [1.29, 1.82) is 0 Å². The number of nitrogens with two attached hydrogens (primary N) is 1. The molecule has 0 aliphatic heterocycles. The molecule has 8 nitrogen and oxygen atoms in total. The molecular weight excluding hydrogens is 319 g/mol. The maximum Gasteiger partial charge on any atom is 0.363 e. The predicted molar refractivity (Wildman–Crippen MR) is 64.2 cm³/mol. The lowest BCUT2D eigenvalue weighted by Gasteiger charge is -2.02. The average molecular weight is 330 g/mol. The summed E-state index contributed by atoms with van der Waals surface area (Å²) in [7, 11) is 1.14. The molecule has 0 aromatic carbocycles. The van der Waals surface area contributed by atoms with E-state index in [-0.39, 0.29) is 35.8 Å². The van der Waals surface area contributed by atoms with Gasteiger partial charge in [0.1, 0.15) is 0 Å². The van der Waals surface area contributed by atoms with Crippen molar-refractivity contribution in [2.24, 2.45) is 5.73 Å². The van der Waals surface area contributed by atoms with E-state index >= 15 is 0 Å². The Morgan fingerprint density at radius 2 is 2.29 bits per heavy atom.